The number of ether oxygens (including phenoxy) is 1. The van der Waals surface area contributed by atoms with E-state index in [1.807, 2.05) is 6.07 Å². The fourth-order valence-corrected chi connectivity index (χ4v) is 9.64. The second-order valence-corrected chi connectivity index (χ2v) is 14.0. The zero-order valence-electron chi connectivity index (χ0n) is 28.1. The van der Waals surface area contributed by atoms with Gasteiger partial charge in [-0.25, -0.2) is 0 Å². The molecule has 3 aliphatic rings. The largest absolute Gasteiger partial charge is 0.453 e. The number of benzene rings is 8. The Balaban J connectivity index is 1.20. The fourth-order valence-electron chi connectivity index (χ4n) is 9.64. The van der Waals surface area contributed by atoms with Gasteiger partial charge in [-0.15, -0.1) is 0 Å². The van der Waals surface area contributed by atoms with Crippen LogP contribution in [0.4, 0.5) is 17.1 Å². The van der Waals surface area contributed by atoms with Crippen molar-refractivity contribution in [3.63, 3.8) is 0 Å². The summed E-state index contributed by atoms with van der Waals surface area (Å²) >= 11 is 0. The maximum atomic E-state index is 6.77. The average Bonchev–Trinajstić information content (AvgIpc) is 3.82. The van der Waals surface area contributed by atoms with E-state index in [9.17, 15) is 0 Å². The van der Waals surface area contributed by atoms with Crippen LogP contribution in [0.15, 0.2) is 182 Å². The van der Waals surface area contributed by atoms with Gasteiger partial charge in [0.1, 0.15) is 0 Å². The van der Waals surface area contributed by atoms with Crippen molar-refractivity contribution in [3.8, 4) is 39.4 Å². The predicted molar refractivity (Wildman–Crippen MR) is 212 cm³/mol. The van der Waals surface area contributed by atoms with Gasteiger partial charge in [0.15, 0.2) is 11.5 Å². The summed E-state index contributed by atoms with van der Waals surface area (Å²) in [5.41, 5.74) is 16.7. The molecule has 3 nitrogen and oxygen atoms in total. The lowest BCUT2D eigenvalue weighted by Gasteiger charge is -2.33. The third-order valence-corrected chi connectivity index (χ3v) is 11.6. The minimum absolute atomic E-state index is 0.474. The number of hydrogen-bond acceptors (Lipinski definition) is 2. The van der Waals surface area contributed by atoms with Crippen LogP contribution in [-0.4, -0.2) is 4.57 Å². The Hall–Kier alpha value is -6.84. The first-order chi connectivity index (χ1) is 25.8. The molecule has 3 heteroatoms. The number of aromatic nitrogens is 1. The SMILES string of the molecule is c1ccc(N2c3ccccc3Oc3cc(-n4c5ccccc5c5ccc6c(c54)C4(c5ccccc5-c5ccccc54)c4ccccc4-6)ccc32)cc1. The second kappa shape index (κ2) is 10.1. The monoisotopic (exact) mass is 662 g/mol. The summed E-state index contributed by atoms with van der Waals surface area (Å²) in [5.74, 6) is 1.67. The van der Waals surface area contributed by atoms with Gasteiger partial charge >= 0.3 is 0 Å². The third kappa shape index (κ3) is 3.40. The molecule has 242 valence electrons. The normalized spacial score (nSPS) is 14.0. The van der Waals surface area contributed by atoms with Gasteiger partial charge < -0.3 is 14.2 Å². The summed E-state index contributed by atoms with van der Waals surface area (Å²) in [6, 6.07) is 66.3. The first kappa shape index (κ1) is 27.9. The molecule has 0 amide bonds. The molecule has 12 rings (SSSR count). The van der Waals surface area contributed by atoms with E-state index in [4.69, 9.17) is 4.74 Å². The van der Waals surface area contributed by atoms with Crippen molar-refractivity contribution in [2.24, 2.45) is 0 Å². The predicted octanol–water partition coefficient (Wildman–Crippen LogP) is 12.7. The van der Waals surface area contributed by atoms with Crippen molar-refractivity contribution in [1.29, 1.82) is 0 Å². The lowest BCUT2D eigenvalue weighted by Crippen LogP contribution is -2.26. The van der Waals surface area contributed by atoms with E-state index in [0.29, 0.717) is 0 Å². The molecule has 1 aromatic heterocycles. The van der Waals surface area contributed by atoms with Gasteiger partial charge in [0.05, 0.1) is 33.5 Å². The number of nitrogens with zero attached hydrogens (tertiary/aromatic N) is 2. The quantitative estimate of drug-likeness (QED) is 0.183. The number of hydrogen-bond donors (Lipinski definition) is 0. The molecule has 0 bridgehead atoms. The Labute approximate surface area is 301 Å². The van der Waals surface area contributed by atoms with Gasteiger partial charge in [0.2, 0.25) is 0 Å². The topological polar surface area (TPSA) is 17.4 Å². The molecule has 8 aromatic carbocycles. The molecule has 9 aromatic rings. The van der Waals surface area contributed by atoms with Crippen LogP contribution in [0.5, 0.6) is 11.5 Å². The van der Waals surface area contributed by atoms with Crippen LogP contribution in [0.1, 0.15) is 22.3 Å². The van der Waals surface area contributed by atoms with E-state index in [0.717, 1.165) is 34.2 Å². The van der Waals surface area contributed by atoms with Crippen molar-refractivity contribution in [3.05, 3.63) is 204 Å². The first-order valence-electron chi connectivity index (χ1n) is 17.9. The standard InChI is InChI=1S/C49H30N2O/c1-2-14-31(15-3-1)50-43-24-12-13-25-45(43)52-46-30-32(26-29-44(46)50)51-42-23-11-7-19-36(42)38-28-27-37-35-18-6-10-22-41(35)49(47(37)48(38)51)39-20-8-4-16-33(39)34-17-5-9-21-40(34)49/h1-30H. The van der Waals surface area contributed by atoms with Gasteiger partial charge in [-0.2, -0.15) is 0 Å². The molecule has 0 atom stereocenters. The highest BCUT2D eigenvalue weighted by atomic mass is 16.5. The first-order valence-corrected chi connectivity index (χ1v) is 17.9. The molecular formula is C49H30N2O. The van der Waals surface area contributed by atoms with Crippen molar-refractivity contribution in [2.45, 2.75) is 5.41 Å². The molecule has 0 unspecified atom stereocenters. The molecule has 0 saturated carbocycles. The van der Waals surface area contributed by atoms with E-state index >= 15 is 0 Å². The van der Waals surface area contributed by atoms with Gasteiger partial charge in [-0.05, 0) is 81.4 Å². The Morgan fingerprint density at radius 3 is 1.75 bits per heavy atom. The summed E-state index contributed by atoms with van der Waals surface area (Å²) in [6.45, 7) is 0. The summed E-state index contributed by atoms with van der Waals surface area (Å²) in [6.07, 6.45) is 0. The summed E-state index contributed by atoms with van der Waals surface area (Å²) < 4.78 is 9.26. The van der Waals surface area contributed by atoms with Crippen molar-refractivity contribution < 1.29 is 4.74 Å². The minimum atomic E-state index is -0.474. The fraction of sp³-hybridized carbons (Fsp3) is 0.0204. The van der Waals surface area contributed by atoms with Crippen LogP contribution in [0, 0.1) is 0 Å². The van der Waals surface area contributed by atoms with Crippen molar-refractivity contribution >= 4 is 38.9 Å². The molecule has 52 heavy (non-hydrogen) atoms. The molecule has 0 N–H and O–H groups in total. The molecule has 0 radical (unpaired) electrons. The van der Waals surface area contributed by atoms with E-state index in [1.54, 1.807) is 0 Å². The van der Waals surface area contributed by atoms with Crippen LogP contribution in [-0.2, 0) is 5.41 Å². The van der Waals surface area contributed by atoms with Crippen LogP contribution in [0.25, 0.3) is 49.7 Å². The second-order valence-electron chi connectivity index (χ2n) is 14.0. The van der Waals surface area contributed by atoms with E-state index in [2.05, 4.69) is 185 Å². The Kier molecular flexibility index (Phi) is 5.43. The van der Waals surface area contributed by atoms with Gasteiger partial charge in [-0.3, -0.25) is 0 Å². The lowest BCUT2D eigenvalue weighted by atomic mass is 9.70. The van der Waals surface area contributed by atoms with Crippen molar-refractivity contribution in [1.82, 2.24) is 4.57 Å². The molecule has 2 heterocycles. The maximum Gasteiger partial charge on any atom is 0.153 e. The molecule has 0 saturated heterocycles. The van der Waals surface area contributed by atoms with Crippen LogP contribution < -0.4 is 9.64 Å². The maximum absolute atomic E-state index is 6.77. The van der Waals surface area contributed by atoms with Crippen molar-refractivity contribution in [2.75, 3.05) is 4.90 Å². The highest BCUT2D eigenvalue weighted by Crippen LogP contribution is 2.64. The third-order valence-electron chi connectivity index (χ3n) is 11.6. The number of para-hydroxylation sites is 4. The highest BCUT2D eigenvalue weighted by Gasteiger charge is 2.53. The van der Waals surface area contributed by atoms with Gasteiger partial charge in [-0.1, -0.05) is 133 Å². The van der Waals surface area contributed by atoms with Gasteiger partial charge in [0, 0.05) is 28.1 Å². The summed E-state index contributed by atoms with van der Waals surface area (Å²) in [4.78, 5) is 2.31. The average molecular weight is 663 g/mol. The van der Waals surface area contributed by atoms with Gasteiger partial charge in [0.25, 0.3) is 0 Å². The van der Waals surface area contributed by atoms with E-state index < -0.39 is 5.41 Å². The Morgan fingerprint density at radius 2 is 1.00 bits per heavy atom. The number of fused-ring (bicyclic) bond motifs is 16. The summed E-state index contributed by atoms with van der Waals surface area (Å²) in [5, 5.41) is 2.49. The molecule has 2 aliphatic carbocycles. The van der Waals surface area contributed by atoms with Crippen LogP contribution in [0.2, 0.25) is 0 Å². The van der Waals surface area contributed by atoms with E-state index in [1.165, 1.54) is 66.3 Å². The number of rotatable bonds is 2. The van der Waals surface area contributed by atoms with E-state index in [-0.39, 0.29) is 0 Å². The summed E-state index contributed by atoms with van der Waals surface area (Å²) in [7, 11) is 0. The number of anilines is 3. The van der Waals surface area contributed by atoms with Crippen LogP contribution >= 0.6 is 0 Å². The minimum Gasteiger partial charge on any atom is -0.453 e. The zero-order chi connectivity index (χ0) is 34.0. The highest BCUT2D eigenvalue weighted by molar-refractivity contribution is 6.14. The smallest absolute Gasteiger partial charge is 0.153 e. The zero-order valence-corrected chi connectivity index (χ0v) is 28.1. The Morgan fingerprint density at radius 1 is 0.404 bits per heavy atom. The van der Waals surface area contributed by atoms with Crippen LogP contribution in [0.3, 0.4) is 0 Å². The molecule has 0 fully saturated rings. The Bertz CT molecular complexity index is 2890. The molecular weight excluding hydrogens is 633 g/mol. The lowest BCUT2D eigenvalue weighted by molar-refractivity contribution is 0.477. The molecule has 1 aliphatic heterocycles. The molecule has 1 spiro atoms.